The van der Waals surface area contributed by atoms with Crippen LogP contribution in [-0.2, 0) is 16.6 Å². The second-order valence-corrected chi connectivity index (χ2v) is 9.49. The number of aliphatic hydroxyl groups excluding tert-OH is 1. The third-order valence-corrected chi connectivity index (χ3v) is 7.43. The zero-order valence-corrected chi connectivity index (χ0v) is 16.6. The Morgan fingerprint density at radius 3 is 2.32 bits per heavy atom. The molecule has 1 fully saturated rings. The molecular formula is C23H25NO3S. The molecule has 1 aliphatic rings. The summed E-state index contributed by atoms with van der Waals surface area (Å²) >= 11 is 0. The average molecular weight is 396 g/mol. The van der Waals surface area contributed by atoms with E-state index < -0.39 is 16.1 Å². The van der Waals surface area contributed by atoms with Crippen LogP contribution in [0.25, 0.3) is 10.8 Å². The zero-order valence-electron chi connectivity index (χ0n) is 15.7. The van der Waals surface area contributed by atoms with E-state index in [1.54, 1.807) is 12.1 Å². The van der Waals surface area contributed by atoms with Gasteiger partial charge >= 0.3 is 0 Å². The standard InChI is InChI=1S/C23H25NO3S/c25-23-12-6-11-21(23)17-24(16-18-7-2-1-3-8-18)28(26,27)22-14-13-19-9-4-5-10-20(19)15-22/h1-5,7-10,13-15,21,23,25H,6,11-12,16-17H2. The summed E-state index contributed by atoms with van der Waals surface area (Å²) in [6.45, 7) is 0.643. The van der Waals surface area contributed by atoms with Crippen LogP contribution in [0.1, 0.15) is 24.8 Å². The highest BCUT2D eigenvalue weighted by molar-refractivity contribution is 7.89. The Morgan fingerprint density at radius 1 is 0.893 bits per heavy atom. The highest BCUT2D eigenvalue weighted by Crippen LogP contribution is 2.30. The summed E-state index contributed by atoms with van der Waals surface area (Å²) in [5.74, 6) is -0.0149. The maximum Gasteiger partial charge on any atom is 0.243 e. The summed E-state index contributed by atoms with van der Waals surface area (Å²) < 4.78 is 28.6. The molecule has 0 heterocycles. The number of sulfonamides is 1. The molecule has 4 nitrogen and oxygen atoms in total. The summed E-state index contributed by atoms with van der Waals surface area (Å²) in [4.78, 5) is 0.301. The molecule has 2 unspecified atom stereocenters. The van der Waals surface area contributed by atoms with E-state index in [0.29, 0.717) is 18.0 Å². The largest absolute Gasteiger partial charge is 0.393 e. The molecule has 0 saturated heterocycles. The number of benzene rings is 3. The minimum absolute atomic E-state index is 0.0149. The van der Waals surface area contributed by atoms with Crippen LogP contribution in [-0.4, -0.2) is 30.5 Å². The van der Waals surface area contributed by atoms with E-state index in [1.165, 1.54) is 4.31 Å². The molecule has 2 atom stereocenters. The number of aliphatic hydroxyl groups is 1. The van der Waals surface area contributed by atoms with Crippen molar-refractivity contribution in [3.8, 4) is 0 Å². The van der Waals surface area contributed by atoms with E-state index in [9.17, 15) is 13.5 Å². The third kappa shape index (κ3) is 3.97. The van der Waals surface area contributed by atoms with Crippen molar-refractivity contribution in [2.45, 2.75) is 36.8 Å². The van der Waals surface area contributed by atoms with Crippen LogP contribution >= 0.6 is 0 Å². The molecule has 146 valence electrons. The lowest BCUT2D eigenvalue weighted by molar-refractivity contribution is 0.119. The van der Waals surface area contributed by atoms with E-state index in [4.69, 9.17) is 0 Å². The summed E-state index contributed by atoms with van der Waals surface area (Å²) in [6.07, 6.45) is 2.13. The minimum atomic E-state index is -3.68. The lowest BCUT2D eigenvalue weighted by atomic mass is 10.1. The van der Waals surface area contributed by atoms with Crippen molar-refractivity contribution in [2.24, 2.45) is 5.92 Å². The molecule has 3 aromatic carbocycles. The molecule has 0 aliphatic heterocycles. The monoisotopic (exact) mass is 395 g/mol. The first-order valence-corrected chi connectivity index (χ1v) is 11.2. The van der Waals surface area contributed by atoms with Gasteiger partial charge in [0.05, 0.1) is 11.0 Å². The summed E-state index contributed by atoms with van der Waals surface area (Å²) in [5, 5.41) is 12.2. The second-order valence-electron chi connectivity index (χ2n) is 7.55. The summed E-state index contributed by atoms with van der Waals surface area (Å²) in [6, 6.07) is 22.7. The predicted octanol–water partition coefficient (Wildman–Crippen LogP) is 4.19. The quantitative estimate of drug-likeness (QED) is 0.681. The van der Waals surface area contributed by atoms with Crippen molar-refractivity contribution >= 4 is 20.8 Å². The maximum atomic E-state index is 13.5. The SMILES string of the molecule is O=S(=O)(c1ccc2ccccc2c1)N(Cc1ccccc1)CC1CCCC1O. The molecule has 3 aromatic rings. The first kappa shape index (κ1) is 19.1. The molecule has 28 heavy (non-hydrogen) atoms. The topological polar surface area (TPSA) is 57.6 Å². The highest BCUT2D eigenvalue weighted by Gasteiger charge is 2.32. The van der Waals surface area contributed by atoms with Crippen molar-refractivity contribution in [1.29, 1.82) is 0 Å². The molecule has 1 aliphatic carbocycles. The number of hydrogen-bond acceptors (Lipinski definition) is 3. The molecule has 4 rings (SSSR count). The van der Waals surface area contributed by atoms with Crippen LogP contribution < -0.4 is 0 Å². The molecule has 0 radical (unpaired) electrons. The summed E-state index contributed by atoms with van der Waals surface area (Å²) in [5.41, 5.74) is 0.944. The van der Waals surface area contributed by atoms with Gasteiger partial charge in [-0.3, -0.25) is 0 Å². The van der Waals surface area contributed by atoms with Crippen molar-refractivity contribution < 1.29 is 13.5 Å². The van der Waals surface area contributed by atoms with E-state index in [1.807, 2.05) is 60.7 Å². The summed E-state index contributed by atoms with van der Waals surface area (Å²) in [7, 11) is -3.68. The van der Waals surface area contributed by atoms with Crippen LogP contribution in [0.4, 0.5) is 0 Å². The fraction of sp³-hybridized carbons (Fsp3) is 0.304. The Hall–Kier alpha value is -2.21. The molecular weight excluding hydrogens is 370 g/mol. The van der Waals surface area contributed by atoms with Gasteiger partial charge in [-0.2, -0.15) is 4.31 Å². The number of rotatable bonds is 6. The minimum Gasteiger partial charge on any atom is -0.393 e. The first-order valence-electron chi connectivity index (χ1n) is 9.75. The van der Waals surface area contributed by atoms with Gasteiger partial charge in [0.25, 0.3) is 0 Å². The van der Waals surface area contributed by atoms with Crippen LogP contribution in [0, 0.1) is 5.92 Å². The van der Waals surface area contributed by atoms with Gasteiger partial charge in [0.2, 0.25) is 10.0 Å². The highest BCUT2D eigenvalue weighted by atomic mass is 32.2. The molecule has 0 spiro atoms. The molecule has 5 heteroatoms. The van der Waals surface area contributed by atoms with E-state index >= 15 is 0 Å². The van der Waals surface area contributed by atoms with Gasteiger partial charge in [0, 0.05) is 13.1 Å². The number of nitrogens with zero attached hydrogens (tertiary/aromatic N) is 1. The van der Waals surface area contributed by atoms with Gasteiger partial charge in [-0.15, -0.1) is 0 Å². The van der Waals surface area contributed by atoms with Gasteiger partial charge in [-0.25, -0.2) is 8.42 Å². The lowest BCUT2D eigenvalue weighted by Gasteiger charge is -2.27. The molecule has 0 bridgehead atoms. The molecule has 0 aromatic heterocycles. The lowest BCUT2D eigenvalue weighted by Crippen LogP contribution is -2.37. The van der Waals surface area contributed by atoms with Crippen molar-refractivity contribution in [1.82, 2.24) is 4.31 Å². The van der Waals surface area contributed by atoms with Gasteiger partial charge in [0.15, 0.2) is 0 Å². The molecule has 1 saturated carbocycles. The second kappa shape index (κ2) is 8.03. The van der Waals surface area contributed by atoms with Crippen LogP contribution in [0.5, 0.6) is 0 Å². The fourth-order valence-electron chi connectivity index (χ4n) is 4.00. The zero-order chi connectivity index (χ0) is 19.6. The fourth-order valence-corrected chi connectivity index (χ4v) is 5.52. The smallest absolute Gasteiger partial charge is 0.243 e. The van der Waals surface area contributed by atoms with Crippen molar-refractivity contribution in [2.75, 3.05) is 6.54 Å². The Labute approximate surface area is 166 Å². The third-order valence-electron chi connectivity index (χ3n) is 5.62. The maximum absolute atomic E-state index is 13.5. The predicted molar refractivity (Wildman–Crippen MR) is 111 cm³/mol. The van der Waals surface area contributed by atoms with Gasteiger partial charge in [-0.05, 0) is 47.2 Å². The number of fused-ring (bicyclic) bond motifs is 1. The van der Waals surface area contributed by atoms with E-state index in [0.717, 1.165) is 35.6 Å². The van der Waals surface area contributed by atoms with Crippen LogP contribution in [0.15, 0.2) is 77.7 Å². The Bertz CT molecular complexity index is 1050. The van der Waals surface area contributed by atoms with Gasteiger partial charge in [0.1, 0.15) is 0 Å². The van der Waals surface area contributed by atoms with Gasteiger partial charge in [-0.1, -0.05) is 67.1 Å². The van der Waals surface area contributed by atoms with Gasteiger partial charge < -0.3 is 5.11 Å². The van der Waals surface area contributed by atoms with E-state index in [-0.39, 0.29) is 5.92 Å². The van der Waals surface area contributed by atoms with Crippen LogP contribution in [0.3, 0.4) is 0 Å². The average Bonchev–Trinajstić information content (AvgIpc) is 3.12. The Balaban J connectivity index is 1.69. The Morgan fingerprint density at radius 2 is 1.61 bits per heavy atom. The normalized spacial score (nSPS) is 20.1. The number of hydrogen-bond donors (Lipinski definition) is 1. The van der Waals surface area contributed by atoms with E-state index in [2.05, 4.69) is 0 Å². The van der Waals surface area contributed by atoms with Crippen molar-refractivity contribution in [3.05, 3.63) is 78.4 Å². The Kier molecular flexibility index (Phi) is 5.49. The molecule has 1 N–H and O–H groups in total. The van der Waals surface area contributed by atoms with Crippen LogP contribution in [0.2, 0.25) is 0 Å². The molecule has 0 amide bonds. The first-order chi connectivity index (χ1) is 13.5. The van der Waals surface area contributed by atoms with Crippen molar-refractivity contribution in [3.63, 3.8) is 0 Å².